The molecule has 0 aliphatic heterocycles. The molecule has 0 amide bonds. The standard InChI is InChI=1S/C6H13F3O3Si/c1-3-10-13(9,11-4-2)12-5-6(7)8/h6H,3-5H2,1-2H3. The molecule has 0 bridgehead atoms. The van der Waals surface area contributed by atoms with Gasteiger partial charge in [0.15, 0.2) is 0 Å². The van der Waals surface area contributed by atoms with Gasteiger partial charge < -0.3 is 13.3 Å². The second-order valence-electron chi connectivity index (χ2n) is 2.05. The van der Waals surface area contributed by atoms with Crippen molar-refractivity contribution in [3.05, 3.63) is 0 Å². The van der Waals surface area contributed by atoms with Gasteiger partial charge in [-0.2, -0.15) is 0 Å². The zero-order valence-electron chi connectivity index (χ0n) is 7.56. The third-order valence-electron chi connectivity index (χ3n) is 1.02. The van der Waals surface area contributed by atoms with Crippen LogP contribution >= 0.6 is 0 Å². The summed E-state index contributed by atoms with van der Waals surface area (Å²) in [6.07, 6.45) is -2.72. The molecule has 0 rings (SSSR count). The number of rotatable bonds is 7. The third-order valence-corrected chi connectivity index (χ3v) is 2.79. The van der Waals surface area contributed by atoms with Crippen molar-refractivity contribution in [2.75, 3.05) is 19.8 Å². The van der Waals surface area contributed by atoms with Gasteiger partial charge in [-0.1, -0.05) is 0 Å². The maximum absolute atomic E-state index is 13.3. The molecule has 7 heteroatoms. The summed E-state index contributed by atoms with van der Waals surface area (Å²) >= 11 is 0. The Morgan fingerprint density at radius 1 is 1.08 bits per heavy atom. The molecule has 3 nitrogen and oxygen atoms in total. The van der Waals surface area contributed by atoms with Crippen LogP contribution in [0.15, 0.2) is 0 Å². The van der Waals surface area contributed by atoms with Crippen LogP contribution in [-0.2, 0) is 13.3 Å². The molecule has 0 aromatic rings. The molecular formula is C6H13F3O3Si. The Kier molecular flexibility index (Phi) is 6.30. The minimum absolute atomic E-state index is 0.0337. The Balaban J connectivity index is 3.91. The number of hydrogen-bond acceptors (Lipinski definition) is 3. The van der Waals surface area contributed by atoms with Gasteiger partial charge in [-0.25, -0.2) is 12.9 Å². The molecule has 0 atom stereocenters. The van der Waals surface area contributed by atoms with E-state index in [0.29, 0.717) is 0 Å². The SMILES string of the molecule is CCO[Si](F)(OCC)OCC(F)F. The van der Waals surface area contributed by atoms with E-state index in [1.54, 1.807) is 0 Å². The molecule has 0 fully saturated rings. The molecule has 0 N–H and O–H groups in total. The van der Waals surface area contributed by atoms with Gasteiger partial charge in [-0.05, 0) is 13.8 Å². The maximum atomic E-state index is 13.3. The van der Waals surface area contributed by atoms with Gasteiger partial charge in [-0.3, -0.25) is 0 Å². The Bertz CT molecular complexity index is 130. The lowest BCUT2D eigenvalue weighted by molar-refractivity contribution is -0.0129. The van der Waals surface area contributed by atoms with Crippen LogP contribution in [0.2, 0.25) is 0 Å². The first kappa shape index (κ1) is 12.9. The van der Waals surface area contributed by atoms with Crippen LogP contribution < -0.4 is 0 Å². The highest BCUT2D eigenvalue weighted by atomic mass is 28.4. The lowest BCUT2D eigenvalue weighted by Crippen LogP contribution is -2.42. The smallest absolute Gasteiger partial charge is 0.348 e. The fourth-order valence-corrected chi connectivity index (χ4v) is 1.90. The summed E-state index contributed by atoms with van der Waals surface area (Å²) in [5.41, 5.74) is 0. The summed E-state index contributed by atoms with van der Waals surface area (Å²) in [6, 6.07) is 0. The molecule has 13 heavy (non-hydrogen) atoms. The Labute approximate surface area is 76.3 Å². The average molecular weight is 218 g/mol. The van der Waals surface area contributed by atoms with E-state index in [-0.39, 0.29) is 13.2 Å². The lowest BCUT2D eigenvalue weighted by atomic mass is 10.8. The summed E-state index contributed by atoms with van der Waals surface area (Å²) in [7, 11) is -4.29. The molecule has 0 saturated carbocycles. The van der Waals surface area contributed by atoms with E-state index in [1.807, 2.05) is 0 Å². The van der Waals surface area contributed by atoms with E-state index in [2.05, 4.69) is 13.3 Å². The number of alkyl halides is 2. The molecule has 0 unspecified atom stereocenters. The van der Waals surface area contributed by atoms with Gasteiger partial charge in [-0.15, -0.1) is 0 Å². The van der Waals surface area contributed by atoms with E-state index in [0.717, 1.165) is 0 Å². The van der Waals surface area contributed by atoms with Crippen molar-refractivity contribution in [2.24, 2.45) is 0 Å². The minimum Gasteiger partial charge on any atom is -0.348 e. The summed E-state index contributed by atoms with van der Waals surface area (Å²) in [5, 5.41) is 0. The summed E-state index contributed by atoms with van der Waals surface area (Å²) in [4.78, 5) is 0. The van der Waals surface area contributed by atoms with Crippen molar-refractivity contribution in [3.63, 3.8) is 0 Å². The van der Waals surface area contributed by atoms with Gasteiger partial charge in [0.1, 0.15) is 6.61 Å². The minimum atomic E-state index is -4.29. The van der Waals surface area contributed by atoms with Crippen LogP contribution in [0.25, 0.3) is 0 Å². The van der Waals surface area contributed by atoms with Crippen LogP contribution in [0, 0.1) is 0 Å². The van der Waals surface area contributed by atoms with Crippen LogP contribution in [-0.4, -0.2) is 35.4 Å². The topological polar surface area (TPSA) is 27.7 Å². The maximum Gasteiger partial charge on any atom is 0.720 e. The highest BCUT2D eigenvalue weighted by molar-refractivity contribution is 6.52. The van der Waals surface area contributed by atoms with Crippen LogP contribution in [0.4, 0.5) is 12.9 Å². The molecule has 0 saturated heterocycles. The van der Waals surface area contributed by atoms with Gasteiger partial charge in [0, 0.05) is 13.2 Å². The predicted octanol–water partition coefficient (Wildman–Crippen LogP) is 1.75. The van der Waals surface area contributed by atoms with Crippen molar-refractivity contribution in [2.45, 2.75) is 20.3 Å². The molecule has 0 aliphatic carbocycles. The van der Waals surface area contributed by atoms with Crippen molar-refractivity contribution in [3.8, 4) is 0 Å². The largest absolute Gasteiger partial charge is 0.720 e. The molecule has 0 heterocycles. The Morgan fingerprint density at radius 3 is 1.85 bits per heavy atom. The van der Waals surface area contributed by atoms with Crippen LogP contribution in [0.5, 0.6) is 0 Å². The molecule has 0 aromatic heterocycles. The predicted molar refractivity (Wildman–Crippen MR) is 42.1 cm³/mol. The second-order valence-corrected chi connectivity index (χ2v) is 3.88. The molecule has 0 aliphatic rings. The molecule has 80 valence electrons. The van der Waals surface area contributed by atoms with Crippen LogP contribution in [0.1, 0.15) is 13.8 Å². The fraction of sp³-hybridized carbons (Fsp3) is 1.00. The van der Waals surface area contributed by atoms with E-state index in [4.69, 9.17) is 0 Å². The first-order valence-corrected chi connectivity index (χ1v) is 5.53. The van der Waals surface area contributed by atoms with E-state index >= 15 is 0 Å². The monoisotopic (exact) mass is 218 g/mol. The van der Waals surface area contributed by atoms with E-state index in [9.17, 15) is 12.9 Å². The first-order valence-electron chi connectivity index (χ1n) is 3.93. The average Bonchev–Trinajstić information content (AvgIpc) is 2.02. The first-order chi connectivity index (χ1) is 6.04. The quantitative estimate of drug-likeness (QED) is 0.481. The van der Waals surface area contributed by atoms with Gasteiger partial charge >= 0.3 is 9.14 Å². The summed E-state index contributed by atoms with van der Waals surface area (Å²) in [6.45, 7) is 2.14. The van der Waals surface area contributed by atoms with Gasteiger partial charge in [0.05, 0.1) is 0 Å². The lowest BCUT2D eigenvalue weighted by Gasteiger charge is -2.19. The van der Waals surface area contributed by atoms with Crippen molar-refractivity contribution < 1.29 is 26.2 Å². The zero-order valence-corrected chi connectivity index (χ0v) is 8.56. The molecule has 0 radical (unpaired) electrons. The zero-order chi connectivity index (χ0) is 10.3. The van der Waals surface area contributed by atoms with E-state index < -0.39 is 22.2 Å². The summed E-state index contributed by atoms with van der Waals surface area (Å²) in [5.74, 6) is 0. The van der Waals surface area contributed by atoms with Crippen molar-refractivity contribution in [1.29, 1.82) is 0 Å². The fourth-order valence-electron chi connectivity index (χ4n) is 0.632. The highest BCUT2D eigenvalue weighted by Crippen LogP contribution is 2.12. The van der Waals surface area contributed by atoms with Gasteiger partial charge in [0.2, 0.25) is 0 Å². The third kappa shape index (κ3) is 6.03. The van der Waals surface area contributed by atoms with E-state index in [1.165, 1.54) is 13.8 Å². The number of hydrogen-bond donors (Lipinski definition) is 0. The van der Waals surface area contributed by atoms with Crippen molar-refractivity contribution in [1.82, 2.24) is 0 Å². The molecular weight excluding hydrogens is 205 g/mol. The highest BCUT2D eigenvalue weighted by Gasteiger charge is 2.44. The molecule has 0 spiro atoms. The second kappa shape index (κ2) is 6.36. The van der Waals surface area contributed by atoms with Gasteiger partial charge in [0.25, 0.3) is 6.43 Å². The summed E-state index contributed by atoms with van der Waals surface area (Å²) < 4.78 is 49.9. The Hall–Kier alpha value is -0.113. The Morgan fingerprint density at radius 2 is 1.54 bits per heavy atom. The normalized spacial score (nSPS) is 12.5. The molecule has 0 aromatic carbocycles. The van der Waals surface area contributed by atoms with Crippen molar-refractivity contribution >= 4 is 9.14 Å². The number of halogens is 3. The van der Waals surface area contributed by atoms with Crippen LogP contribution in [0.3, 0.4) is 0 Å².